The number of aromatic hydroxyl groups is 2. The van der Waals surface area contributed by atoms with E-state index in [0.29, 0.717) is 29.8 Å². The molecule has 4 rings (SSSR count). The summed E-state index contributed by atoms with van der Waals surface area (Å²) in [5, 5.41) is 19.7. The number of nitrogen functional groups attached to an aromatic ring is 1. The van der Waals surface area contributed by atoms with Crippen molar-refractivity contribution in [1.29, 1.82) is 0 Å². The zero-order valence-electron chi connectivity index (χ0n) is 16.2. The number of nitrogens with zero attached hydrogens (tertiary/aromatic N) is 2. The molecule has 1 aromatic carbocycles. The van der Waals surface area contributed by atoms with Crippen molar-refractivity contribution >= 4 is 16.6 Å². The van der Waals surface area contributed by atoms with E-state index in [2.05, 4.69) is 16.8 Å². The molecule has 6 heteroatoms. The minimum atomic E-state index is -0.181. The van der Waals surface area contributed by atoms with Gasteiger partial charge in [-0.1, -0.05) is 13.3 Å². The number of hydrogen-bond acceptors (Lipinski definition) is 6. The molecule has 0 amide bonds. The first kappa shape index (κ1) is 19.7. The molecular weight excluding hydrogens is 342 g/mol. The lowest BCUT2D eigenvalue weighted by Crippen LogP contribution is -2.30. The fraction of sp³-hybridized carbons (Fsp3) is 0.571. The zero-order valence-corrected chi connectivity index (χ0v) is 16.2. The molecule has 27 heavy (non-hydrogen) atoms. The Labute approximate surface area is 161 Å². The highest BCUT2D eigenvalue weighted by molar-refractivity contribution is 5.94. The number of pyridine rings is 1. The monoisotopic (exact) mass is 373 g/mol. The molecule has 1 fully saturated rings. The first-order valence-electron chi connectivity index (χ1n) is 10.0. The third-order valence-corrected chi connectivity index (χ3v) is 5.28. The van der Waals surface area contributed by atoms with Crippen LogP contribution in [0, 0.1) is 0 Å². The number of fused-ring (bicyclic) bond motifs is 2. The minimum absolute atomic E-state index is 0.180. The van der Waals surface area contributed by atoms with Crippen LogP contribution in [-0.4, -0.2) is 52.9 Å². The van der Waals surface area contributed by atoms with Gasteiger partial charge in [0, 0.05) is 29.3 Å². The van der Waals surface area contributed by atoms with E-state index in [9.17, 15) is 10.2 Å². The van der Waals surface area contributed by atoms with E-state index < -0.39 is 0 Å². The number of phenols is 2. The lowest BCUT2D eigenvalue weighted by Gasteiger charge is -2.25. The van der Waals surface area contributed by atoms with Crippen molar-refractivity contribution in [3.05, 3.63) is 23.4 Å². The highest BCUT2D eigenvalue weighted by atomic mass is 16.5. The molecule has 4 N–H and O–H groups in total. The molecule has 2 aromatic rings. The molecule has 3 heterocycles. The van der Waals surface area contributed by atoms with E-state index in [1.807, 2.05) is 0 Å². The van der Waals surface area contributed by atoms with Crippen molar-refractivity contribution in [1.82, 2.24) is 9.88 Å². The first-order chi connectivity index (χ1) is 13.1. The Balaban J connectivity index is 0.000000197. The number of hydrogen-bond donors (Lipinski definition) is 3. The Morgan fingerprint density at radius 3 is 2.52 bits per heavy atom. The Morgan fingerprint density at radius 2 is 1.78 bits per heavy atom. The fourth-order valence-corrected chi connectivity index (χ4v) is 3.84. The molecule has 2 aliphatic rings. The lowest BCUT2D eigenvalue weighted by molar-refractivity contribution is 0.146. The summed E-state index contributed by atoms with van der Waals surface area (Å²) in [6.07, 6.45) is 7.09. The van der Waals surface area contributed by atoms with Crippen molar-refractivity contribution < 1.29 is 14.9 Å². The number of anilines is 1. The smallest absolute Gasteiger partial charge is 0.159 e. The summed E-state index contributed by atoms with van der Waals surface area (Å²) in [5.74, 6) is -0.361. The van der Waals surface area contributed by atoms with Crippen molar-refractivity contribution in [2.24, 2.45) is 0 Å². The Kier molecular flexibility index (Phi) is 6.74. The lowest BCUT2D eigenvalue weighted by atomic mass is 10.0. The van der Waals surface area contributed by atoms with Crippen molar-refractivity contribution in [3.63, 3.8) is 0 Å². The van der Waals surface area contributed by atoms with Crippen LogP contribution in [0.5, 0.6) is 11.5 Å². The van der Waals surface area contributed by atoms with Crippen molar-refractivity contribution in [2.75, 3.05) is 38.6 Å². The number of phenolic OH excluding ortho intramolecular Hbond substituents is 2. The van der Waals surface area contributed by atoms with Crippen LogP contribution < -0.4 is 5.73 Å². The molecule has 0 radical (unpaired) electrons. The summed E-state index contributed by atoms with van der Waals surface area (Å²) in [6.45, 7) is 7.56. The van der Waals surface area contributed by atoms with E-state index in [1.54, 1.807) is 0 Å². The molecule has 0 spiro atoms. The van der Waals surface area contributed by atoms with Gasteiger partial charge < -0.3 is 25.6 Å². The summed E-state index contributed by atoms with van der Waals surface area (Å²) < 4.78 is 5.41. The van der Waals surface area contributed by atoms with Gasteiger partial charge in [-0.3, -0.25) is 4.98 Å². The van der Waals surface area contributed by atoms with Crippen LogP contribution in [-0.2, 0) is 17.6 Å². The summed E-state index contributed by atoms with van der Waals surface area (Å²) in [5.41, 5.74) is 9.27. The summed E-state index contributed by atoms with van der Waals surface area (Å²) in [7, 11) is 0. The highest BCUT2D eigenvalue weighted by Gasteiger charge is 2.17. The van der Waals surface area contributed by atoms with Gasteiger partial charge >= 0.3 is 0 Å². The number of piperidine rings is 1. The largest absolute Gasteiger partial charge is 0.504 e. The number of benzene rings is 1. The van der Waals surface area contributed by atoms with Crippen LogP contribution in [0.1, 0.15) is 43.9 Å². The van der Waals surface area contributed by atoms with Gasteiger partial charge in [-0.25, -0.2) is 0 Å². The molecule has 0 aliphatic carbocycles. The second-order valence-electron chi connectivity index (χ2n) is 7.32. The average Bonchev–Trinajstić information content (AvgIpc) is 2.91. The normalized spacial score (nSPS) is 17.7. The fourth-order valence-electron chi connectivity index (χ4n) is 3.84. The Morgan fingerprint density at radius 1 is 1.07 bits per heavy atom. The standard InChI is InChI=1S/C13H14N2O3.C8H17N/c14-13-7-1-3-18-4-2-9(7)15-10-6-12(17)11(16)5-8(10)13;1-2-6-9-7-4-3-5-8-9/h5-6,16-17H,1-4H2,(H2,14,15);2-8H2,1H3. The number of likely N-dealkylation sites (tertiary alicyclic amines) is 1. The number of rotatable bonds is 2. The van der Waals surface area contributed by atoms with E-state index in [4.69, 9.17) is 10.5 Å². The van der Waals surface area contributed by atoms with Gasteiger partial charge in [-0.15, -0.1) is 0 Å². The summed E-state index contributed by atoms with van der Waals surface area (Å²) >= 11 is 0. The van der Waals surface area contributed by atoms with Gasteiger partial charge in [0.25, 0.3) is 0 Å². The quantitative estimate of drug-likeness (QED) is 0.700. The molecule has 0 bridgehead atoms. The second kappa shape index (κ2) is 9.24. The van der Waals surface area contributed by atoms with Crippen LogP contribution in [0.4, 0.5) is 5.69 Å². The third kappa shape index (κ3) is 4.82. The van der Waals surface area contributed by atoms with E-state index in [0.717, 1.165) is 24.1 Å². The second-order valence-corrected chi connectivity index (χ2v) is 7.32. The Hall–Kier alpha value is -2.05. The van der Waals surface area contributed by atoms with Gasteiger partial charge in [-0.05, 0) is 56.9 Å². The van der Waals surface area contributed by atoms with Gasteiger partial charge in [0.2, 0.25) is 0 Å². The average molecular weight is 373 g/mol. The molecule has 0 unspecified atom stereocenters. The molecule has 148 valence electrons. The van der Waals surface area contributed by atoms with E-state index >= 15 is 0 Å². The maximum absolute atomic E-state index is 9.54. The zero-order chi connectivity index (χ0) is 19.2. The van der Waals surface area contributed by atoms with E-state index in [1.165, 1.54) is 57.5 Å². The van der Waals surface area contributed by atoms with Crippen LogP contribution >= 0.6 is 0 Å². The first-order valence-corrected chi connectivity index (χ1v) is 10.0. The minimum Gasteiger partial charge on any atom is -0.504 e. The number of aromatic nitrogens is 1. The summed E-state index contributed by atoms with van der Waals surface area (Å²) in [6, 6.07) is 2.89. The number of nitrogens with two attached hydrogens (primary N) is 1. The predicted molar refractivity (Wildman–Crippen MR) is 108 cm³/mol. The maximum Gasteiger partial charge on any atom is 0.159 e. The molecular formula is C21H31N3O3. The van der Waals surface area contributed by atoms with Crippen LogP contribution in [0.2, 0.25) is 0 Å². The van der Waals surface area contributed by atoms with Crippen molar-refractivity contribution in [2.45, 2.75) is 45.4 Å². The molecule has 6 nitrogen and oxygen atoms in total. The third-order valence-electron chi connectivity index (χ3n) is 5.28. The van der Waals surface area contributed by atoms with Gasteiger partial charge in [0.15, 0.2) is 11.5 Å². The molecule has 1 aromatic heterocycles. The topological polar surface area (TPSA) is 91.8 Å². The van der Waals surface area contributed by atoms with Crippen LogP contribution in [0.15, 0.2) is 12.1 Å². The maximum atomic E-state index is 9.54. The van der Waals surface area contributed by atoms with Gasteiger partial charge in [0.1, 0.15) is 0 Å². The van der Waals surface area contributed by atoms with Crippen LogP contribution in [0.3, 0.4) is 0 Å². The number of ether oxygens (including phenoxy) is 1. The molecule has 0 atom stereocenters. The van der Waals surface area contributed by atoms with Gasteiger partial charge in [0.05, 0.1) is 18.7 Å². The van der Waals surface area contributed by atoms with E-state index in [-0.39, 0.29) is 11.5 Å². The molecule has 1 saturated heterocycles. The van der Waals surface area contributed by atoms with Crippen LogP contribution in [0.25, 0.3) is 10.9 Å². The summed E-state index contributed by atoms with van der Waals surface area (Å²) in [4.78, 5) is 7.08. The Bertz CT molecular complexity index is 770. The highest BCUT2D eigenvalue weighted by Crippen LogP contribution is 2.35. The predicted octanol–water partition coefficient (Wildman–Crippen LogP) is 3.23. The van der Waals surface area contributed by atoms with Crippen molar-refractivity contribution in [3.8, 4) is 11.5 Å². The SMILES string of the molecule is CCCN1CCCCC1.Nc1c2c(nc3cc(O)c(O)cc13)CCOCC2. The molecule has 0 saturated carbocycles. The van der Waals surface area contributed by atoms with Gasteiger partial charge in [-0.2, -0.15) is 0 Å². The molecule has 2 aliphatic heterocycles.